The monoisotopic (exact) mass is 474 g/mol. The predicted octanol–water partition coefficient (Wildman–Crippen LogP) is 5.96. The Kier molecular flexibility index (Phi) is 6.81. The molecule has 0 aromatic heterocycles. The van der Waals surface area contributed by atoms with Gasteiger partial charge in [0.1, 0.15) is 17.8 Å². The van der Waals surface area contributed by atoms with E-state index in [1.54, 1.807) is 13.4 Å². The van der Waals surface area contributed by atoms with Gasteiger partial charge in [0.15, 0.2) is 0 Å². The minimum atomic E-state index is 0.143. The van der Waals surface area contributed by atoms with E-state index in [2.05, 4.69) is 46.3 Å². The molecule has 2 aliphatic heterocycles. The van der Waals surface area contributed by atoms with Crippen LogP contribution in [0.5, 0.6) is 5.75 Å². The minimum Gasteiger partial charge on any atom is -0.496 e. The molecule has 2 saturated carbocycles. The second kappa shape index (κ2) is 10.00. The van der Waals surface area contributed by atoms with Crippen molar-refractivity contribution in [2.75, 3.05) is 7.11 Å². The smallest absolute Gasteiger partial charge is 0.258 e. The number of methoxy groups -OCH3 is 1. The third-order valence-corrected chi connectivity index (χ3v) is 8.16. The van der Waals surface area contributed by atoms with Crippen molar-refractivity contribution >= 4 is 5.91 Å². The van der Waals surface area contributed by atoms with Gasteiger partial charge in [-0.2, -0.15) is 0 Å². The standard InChI is InChI=1S/C29H38N4O2/c1-19-13-20(2)15-24(14-19)33(23-7-5-6-8-23)29(34)25-10-9-22(16-27(25)35-4)17-32-12-11-26-28(21(32)3)31-18-30-26/h9-12,16,18-20,23-24H,5-8,13-15,17H2,1-4H3. The molecule has 5 rings (SSSR count). The highest BCUT2D eigenvalue weighted by Crippen LogP contribution is 2.37. The summed E-state index contributed by atoms with van der Waals surface area (Å²) in [6.45, 7) is 7.43. The lowest BCUT2D eigenvalue weighted by atomic mass is 9.79. The van der Waals surface area contributed by atoms with Crippen LogP contribution in [0.15, 0.2) is 36.8 Å². The SMILES string of the molecule is COc1cc(Cn2ccc3ncnc-3c2C)ccc1C(=O)N(C1CCCC1)C1CC(C)CC(C)C1. The van der Waals surface area contributed by atoms with Gasteiger partial charge in [-0.15, -0.1) is 0 Å². The highest BCUT2D eigenvalue weighted by Gasteiger charge is 2.37. The van der Waals surface area contributed by atoms with Gasteiger partial charge in [0.2, 0.25) is 0 Å². The number of carbonyl (C=O) groups excluding carboxylic acids is 1. The molecule has 2 unspecified atom stereocenters. The molecule has 1 aromatic rings. The minimum absolute atomic E-state index is 0.143. The van der Waals surface area contributed by atoms with Crippen molar-refractivity contribution in [3.63, 3.8) is 0 Å². The van der Waals surface area contributed by atoms with Crippen LogP contribution in [0.1, 0.15) is 80.4 Å². The summed E-state index contributed by atoms with van der Waals surface area (Å²) in [5.74, 6) is 2.13. The second-order valence-electron chi connectivity index (χ2n) is 10.9. The molecule has 35 heavy (non-hydrogen) atoms. The largest absolute Gasteiger partial charge is 0.496 e. The summed E-state index contributed by atoms with van der Waals surface area (Å²) in [5.41, 5.74) is 4.70. The molecule has 0 N–H and O–H groups in total. The summed E-state index contributed by atoms with van der Waals surface area (Å²) < 4.78 is 7.97. The summed E-state index contributed by atoms with van der Waals surface area (Å²) in [4.78, 5) is 25.0. The summed E-state index contributed by atoms with van der Waals surface area (Å²) in [5, 5.41) is 0. The van der Waals surface area contributed by atoms with E-state index in [4.69, 9.17) is 4.74 Å². The number of pyridine rings is 1. The van der Waals surface area contributed by atoms with Crippen LogP contribution in [0.4, 0.5) is 0 Å². The molecule has 6 heteroatoms. The van der Waals surface area contributed by atoms with Gasteiger partial charge in [-0.1, -0.05) is 32.8 Å². The van der Waals surface area contributed by atoms with E-state index in [0.717, 1.165) is 48.3 Å². The topological polar surface area (TPSA) is 60.2 Å². The summed E-state index contributed by atoms with van der Waals surface area (Å²) >= 11 is 0. The summed E-state index contributed by atoms with van der Waals surface area (Å²) in [6.07, 6.45) is 11.8. The maximum Gasteiger partial charge on any atom is 0.258 e. The molecular formula is C29H38N4O2. The summed E-state index contributed by atoms with van der Waals surface area (Å²) in [6, 6.07) is 8.75. The zero-order chi connectivity index (χ0) is 24.5. The first kappa shape index (κ1) is 23.8. The molecule has 1 amide bonds. The van der Waals surface area contributed by atoms with Gasteiger partial charge in [0.05, 0.1) is 18.4 Å². The highest BCUT2D eigenvalue weighted by molar-refractivity contribution is 5.97. The van der Waals surface area contributed by atoms with Crippen molar-refractivity contribution < 1.29 is 9.53 Å². The number of hydrogen-bond acceptors (Lipinski definition) is 4. The average molecular weight is 475 g/mol. The lowest BCUT2D eigenvalue weighted by Gasteiger charge is -2.42. The van der Waals surface area contributed by atoms with Crippen molar-refractivity contribution in [1.29, 1.82) is 0 Å². The molecule has 2 aliphatic carbocycles. The van der Waals surface area contributed by atoms with Gasteiger partial charge in [-0.25, -0.2) is 9.97 Å². The second-order valence-corrected chi connectivity index (χ2v) is 10.9. The van der Waals surface area contributed by atoms with Crippen LogP contribution in [0.2, 0.25) is 0 Å². The Labute approximate surface area is 209 Å². The number of aromatic nitrogens is 3. The molecule has 4 aliphatic rings. The summed E-state index contributed by atoms with van der Waals surface area (Å²) in [7, 11) is 1.67. The van der Waals surface area contributed by atoms with Gasteiger partial charge in [0, 0.05) is 30.5 Å². The van der Waals surface area contributed by atoms with Gasteiger partial charge in [0.25, 0.3) is 5.91 Å². The van der Waals surface area contributed by atoms with Crippen LogP contribution in [0.3, 0.4) is 0 Å². The van der Waals surface area contributed by atoms with Crippen molar-refractivity contribution in [2.45, 2.75) is 84.3 Å². The Bertz CT molecular complexity index is 1140. The van der Waals surface area contributed by atoms with Gasteiger partial charge in [-0.3, -0.25) is 4.79 Å². The first-order valence-electron chi connectivity index (χ1n) is 13.2. The van der Waals surface area contributed by atoms with E-state index in [0.29, 0.717) is 41.8 Å². The first-order chi connectivity index (χ1) is 16.9. The molecule has 2 atom stereocenters. The normalized spacial score (nSPS) is 23.0. The third kappa shape index (κ3) is 4.80. The fourth-order valence-electron chi connectivity index (χ4n) is 6.55. The fraction of sp³-hybridized carbons (Fsp3) is 0.552. The Hall–Kier alpha value is -2.89. The first-order valence-corrected chi connectivity index (χ1v) is 13.2. The van der Waals surface area contributed by atoms with E-state index in [-0.39, 0.29) is 5.91 Å². The number of imidazole rings is 1. The van der Waals surface area contributed by atoms with Crippen LogP contribution in [0, 0.1) is 18.8 Å². The maximum atomic E-state index is 14.1. The molecule has 6 nitrogen and oxygen atoms in total. The van der Waals surface area contributed by atoms with Crippen LogP contribution < -0.4 is 4.74 Å². The number of ether oxygens (including phenoxy) is 1. The van der Waals surface area contributed by atoms with E-state index >= 15 is 0 Å². The molecule has 0 spiro atoms. The Morgan fingerprint density at radius 1 is 1.06 bits per heavy atom. The van der Waals surface area contributed by atoms with Gasteiger partial charge < -0.3 is 14.2 Å². The van der Waals surface area contributed by atoms with E-state index < -0.39 is 0 Å². The molecule has 0 radical (unpaired) electrons. The van der Waals surface area contributed by atoms with E-state index in [1.165, 1.54) is 19.3 Å². The molecule has 1 aromatic carbocycles. The molecule has 0 bridgehead atoms. The van der Waals surface area contributed by atoms with Gasteiger partial charge >= 0.3 is 0 Å². The molecule has 186 valence electrons. The van der Waals surface area contributed by atoms with Crippen LogP contribution in [-0.2, 0) is 6.54 Å². The fourth-order valence-corrected chi connectivity index (χ4v) is 6.55. The Balaban J connectivity index is 1.43. The van der Waals surface area contributed by atoms with Crippen molar-refractivity contribution in [3.8, 4) is 17.1 Å². The van der Waals surface area contributed by atoms with Gasteiger partial charge in [-0.05, 0) is 74.6 Å². The van der Waals surface area contributed by atoms with Crippen molar-refractivity contribution in [3.05, 3.63) is 53.6 Å². The number of amides is 1. The number of rotatable bonds is 6. The van der Waals surface area contributed by atoms with E-state index in [1.807, 2.05) is 24.4 Å². The highest BCUT2D eigenvalue weighted by atomic mass is 16.5. The quantitative estimate of drug-likeness (QED) is 0.442. The molecule has 2 heterocycles. The zero-order valence-electron chi connectivity index (χ0n) is 21.5. The number of fused-ring (bicyclic) bond motifs is 1. The maximum absolute atomic E-state index is 14.1. The lowest BCUT2D eigenvalue weighted by Crippen LogP contribution is -2.49. The molecular weight excluding hydrogens is 436 g/mol. The van der Waals surface area contributed by atoms with Crippen molar-refractivity contribution in [2.24, 2.45) is 11.8 Å². The number of carbonyl (C=O) groups is 1. The Morgan fingerprint density at radius 3 is 2.51 bits per heavy atom. The lowest BCUT2D eigenvalue weighted by molar-refractivity contribution is 0.0426. The predicted molar refractivity (Wildman–Crippen MR) is 138 cm³/mol. The number of nitrogens with zero attached hydrogens (tertiary/aromatic N) is 4. The van der Waals surface area contributed by atoms with Crippen LogP contribution >= 0.6 is 0 Å². The van der Waals surface area contributed by atoms with Crippen molar-refractivity contribution in [1.82, 2.24) is 19.4 Å². The Morgan fingerprint density at radius 2 is 1.80 bits per heavy atom. The average Bonchev–Trinajstić information content (AvgIpc) is 3.53. The zero-order valence-corrected chi connectivity index (χ0v) is 21.5. The van der Waals surface area contributed by atoms with Crippen LogP contribution in [0.25, 0.3) is 11.4 Å². The van der Waals surface area contributed by atoms with E-state index in [9.17, 15) is 4.79 Å². The molecule has 2 fully saturated rings. The molecule has 0 saturated heterocycles. The van der Waals surface area contributed by atoms with Crippen LogP contribution in [-0.4, -0.2) is 44.5 Å². The third-order valence-electron chi connectivity index (χ3n) is 8.16. The number of benzene rings is 1. The number of hydrogen-bond donors (Lipinski definition) is 0.